The number of hydrogen-bond donors (Lipinski definition) is 1. The molecule has 1 aliphatic rings. The molecule has 184 valence electrons. The van der Waals surface area contributed by atoms with E-state index in [0.29, 0.717) is 5.02 Å². The molecule has 3 aromatic carbocycles. The fourth-order valence-electron chi connectivity index (χ4n) is 4.55. The second-order valence-electron chi connectivity index (χ2n) is 8.58. The van der Waals surface area contributed by atoms with E-state index < -0.39 is 27.4 Å². The molecule has 1 saturated carbocycles. The van der Waals surface area contributed by atoms with Crippen LogP contribution in [0.1, 0.15) is 17.9 Å². The summed E-state index contributed by atoms with van der Waals surface area (Å²) >= 11 is 5.97. The summed E-state index contributed by atoms with van der Waals surface area (Å²) < 4.78 is 30.3. The first-order chi connectivity index (χ1) is 17.3. The van der Waals surface area contributed by atoms with Gasteiger partial charge >= 0.3 is 5.97 Å². The lowest BCUT2D eigenvalue weighted by Crippen LogP contribution is -2.49. The zero-order valence-electron chi connectivity index (χ0n) is 19.0. The van der Waals surface area contributed by atoms with Crippen LogP contribution in [0.15, 0.2) is 90.1 Å². The summed E-state index contributed by atoms with van der Waals surface area (Å²) in [6.07, 6.45) is 1.53. The first-order valence-corrected chi connectivity index (χ1v) is 13.0. The third kappa shape index (κ3) is 4.39. The van der Waals surface area contributed by atoms with Gasteiger partial charge in [-0.05, 0) is 57.8 Å². The Balaban J connectivity index is 1.52. The fraction of sp³-hybridized carbons (Fsp3) is 0.200. The maximum absolute atomic E-state index is 13.9. The van der Waals surface area contributed by atoms with E-state index in [-0.39, 0.29) is 24.4 Å². The summed E-state index contributed by atoms with van der Waals surface area (Å²) in [4.78, 5) is 12.7. The van der Waals surface area contributed by atoms with Crippen molar-refractivity contribution in [1.29, 1.82) is 0 Å². The lowest BCUT2D eigenvalue weighted by molar-refractivity contribution is -0.143. The van der Waals surface area contributed by atoms with Crippen LogP contribution in [0, 0.1) is 0 Å². The van der Waals surface area contributed by atoms with Gasteiger partial charge in [-0.2, -0.15) is 4.31 Å². The maximum atomic E-state index is 13.9. The number of sulfonamides is 1. The Kier molecular flexibility index (Phi) is 6.33. The largest absolute Gasteiger partial charge is 0.480 e. The normalized spacial score (nSPS) is 19.3. The van der Waals surface area contributed by atoms with Gasteiger partial charge in [0.15, 0.2) is 0 Å². The number of nitrogens with zero attached hydrogens (tertiary/aromatic N) is 5. The predicted octanol–water partition coefficient (Wildman–Crippen LogP) is 3.70. The van der Waals surface area contributed by atoms with E-state index in [4.69, 9.17) is 11.6 Å². The molecule has 0 radical (unpaired) electrons. The molecular weight excluding hydrogens is 502 g/mol. The van der Waals surface area contributed by atoms with Crippen LogP contribution in [0.25, 0.3) is 11.1 Å². The quantitative estimate of drug-likeness (QED) is 0.355. The van der Waals surface area contributed by atoms with E-state index in [1.54, 1.807) is 24.3 Å². The molecule has 36 heavy (non-hydrogen) atoms. The molecule has 0 unspecified atom stereocenters. The molecule has 4 aromatic rings. The Labute approximate surface area is 213 Å². The fourth-order valence-corrected chi connectivity index (χ4v) is 6.44. The number of carboxylic acid groups (broad SMARTS) is 1. The number of aliphatic carboxylic acids is 1. The molecule has 1 aliphatic carbocycles. The predicted molar refractivity (Wildman–Crippen MR) is 133 cm³/mol. The summed E-state index contributed by atoms with van der Waals surface area (Å²) in [6, 6.07) is 22.7. The highest BCUT2D eigenvalue weighted by atomic mass is 35.5. The molecule has 2 atom stereocenters. The van der Waals surface area contributed by atoms with E-state index in [0.717, 1.165) is 21.0 Å². The van der Waals surface area contributed by atoms with Gasteiger partial charge in [-0.3, -0.25) is 4.79 Å². The zero-order valence-corrected chi connectivity index (χ0v) is 20.5. The van der Waals surface area contributed by atoms with Gasteiger partial charge in [0.1, 0.15) is 11.9 Å². The van der Waals surface area contributed by atoms with E-state index >= 15 is 0 Å². The van der Waals surface area contributed by atoms with Crippen LogP contribution >= 0.6 is 11.6 Å². The van der Waals surface area contributed by atoms with Crippen LogP contribution < -0.4 is 0 Å². The van der Waals surface area contributed by atoms with Crippen molar-refractivity contribution in [2.75, 3.05) is 6.54 Å². The Morgan fingerprint density at radius 3 is 2.25 bits per heavy atom. The Hall–Kier alpha value is -3.60. The lowest BCUT2D eigenvalue weighted by atomic mass is 10.1. The summed E-state index contributed by atoms with van der Waals surface area (Å²) in [6.45, 7) is -0.00638. The van der Waals surface area contributed by atoms with Crippen LogP contribution in [0.3, 0.4) is 0 Å². The second kappa shape index (κ2) is 9.45. The first kappa shape index (κ1) is 24.1. The molecule has 1 heterocycles. The minimum Gasteiger partial charge on any atom is -0.480 e. The number of benzene rings is 3. The summed E-state index contributed by atoms with van der Waals surface area (Å²) in [5.41, 5.74) is 0.864. The number of halogens is 1. The van der Waals surface area contributed by atoms with Crippen LogP contribution in [0.5, 0.6) is 0 Å². The Morgan fingerprint density at radius 2 is 1.67 bits per heavy atom. The molecule has 0 aliphatic heterocycles. The molecule has 1 aromatic heterocycles. The van der Waals surface area contributed by atoms with Crippen molar-refractivity contribution in [3.63, 3.8) is 0 Å². The molecule has 0 bridgehead atoms. The average Bonchev–Trinajstić information content (AvgIpc) is 3.42. The molecule has 0 saturated heterocycles. The smallest absolute Gasteiger partial charge is 0.325 e. The molecule has 5 rings (SSSR count). The van der Waals surface area contributed by atoms with Gasteiger partial charge < -0.3 is 5.11 Å². The van der Waals surface area contributed by atoms with Crippen LogP contribution in [-0.4, -0.2) is 56.1 Å². The zero-order chi connectivity index (χ0) is 25.3. The standard InChI is InChI=1S/C25H22ClN5O4S/c26-21-10-6-18(7-11-21)19-8-12-22(13-9-19)36(34,35)31(15-14-30-17-27-28-29-30)25(24(32)33)16-23(25)20-4-2-1-3-5-20/h1-13,17,23H,14-16H2,(H,32,33)/t23-,25+/m0/s1. The van der Waals surface area contributed by atoms with Crippen molar-refractivity contribution < 1.29 is 18.3 Å². The monoisotopic (exact) mass is 523 g/mol. The van der Waals surface area contributed by atoms with Gasteiger partial charge in [-0.1, -0.05) is 66.2 Å². The van der Waals surface area contributed by atoms with E-state index in [2.05, 4.69) is 15.5 Å². The lowest BCUT2D eigenvalue weighted by Gasteiger charge is -2.29. The average molecular weight is 524 g/mol. The molecule has 0 spiro atoms. The van der Waals surface area contributed by atoms with Gasteiger partial charge in [0.05, 0.1) is 11.4 Å². The van der Waals surface area contributed by atoms with Crippen molar-refractivity contribution in [3.05, 3.63) is 95.8 Å². The van der Waals surface area contributed by atoms with Gasteiger partial charge in [0.2, 0.25) is 10.0 Å². The van der Waals surface area contributed by atoms with Crippen molar-refractivity contribution >= 4 is 27.6 Å². The Morgan fingerprint density at radius 1 is 1.03 bits per heavy atom. The van der Waals surface area contributed by atoms with Crippen LogP contribution in [-0.2, 0) is 21.4 Å². The van der Waals surface area contributed by atoms with Gasteiger partial charge in [0, 0.05) is 17.5 Å². The molecule has 1 N–H and O–H groups in total. The van der Waals surface area contributed by atoms with Crippen molar-refractivity contribution in [2.24, 2.45) is 0 Å². The third-order valence-electron chi connectivity index (χ3n) is 6.49. The number of tetrazole rings is 1. The summed E-state index contributed by atoms with van der Waals surface area (Å²) in [5, 5.41) is 21.9. The van der Waals surface area contributed by atoms with Crippen molar-refractivity contribution in [2.45, 2.75) is 29.3 Å². The van der Waals surface area contributed by atoms with Crippen molar-refractivity contribution in [3.8, 4) is 11.1 Å². The topological polar surface area (TPSA) is 118 Å². The highest BCUT2D eigenvalue weighted by Crippen LogP contribution is 2.57. The van der Waals surface area contributed by atoms with Gasteiger partial charge in [0.25, 0.3) is 0 Å². The second-order valence-corrected chi connectivity index (χ2v) is 10.9. The van der Waals surface area contributed by atoms with E-state index in [1.807, 2.05) is 42.5 Å². The highest BCUT2D eigenvalue weighted by Gasteiger charge is 2.67. The molecule has 11 heteroatoms. The molecule has 0 amide bonds. The molecule has 1 fully saturated rings. The first-order valence-electron chi connectivity index (χ1n) is 11.2. The summed E-state index contributed by atoms with van der Waals surface area (Å²) in [7, 11) is -4.19. The number of aromatic nitrogens is 4. The van der Waals surface area contributed by atoms with Gasteiger partial charge in [-0.25, -0.2) is 13.1 Å². The SMILES string of the molecule is O=C(O)[C@@]1(N(CCn2cnnn2)S(=O)(=O)c2ccc(-c3ccc(Cl)cc3)cc2)C[C@H]1c1ccccc1. The minimum atomic E-state index is -4.19. The molecular formula is C25H22ClN5O4S. The van der Waals surface area contributed by atoms with Crippen LogP contribution in [0.4, 0.5) is 0 Å². The maximum Gasteiger partial charge on any atom is 0.325 e. The van der Waals surface area contributed by atoms with Crippen molar-refractivity contribution in [1.82, 2.24) is 24.5 Å². The summed E-state index contributed by atoms with van der Waals surface area (Å²) in [5.74, 6) is -1.66. The third-order valence-corrected chi connectivity index (χ3v) is 8.70. The van der Waals surface area contributed by atoms with E-state index in [1.165, 1.54) is 23.1 Å². The van der Waals surface area contributed by atoms with Crippen LogP contribution in [0.2, 0.25) is 5.02 Å². The van der Waals surface area contributed by atoms with Gasteiger partial charge in [-0.15, -0.1) is 5.10 Å². The highest BCUT2D eigenvalue weighted by molar-refractivity contribution is 7.89. The number of hydrogen-bond acceptors (Lipinski definition) is 6. The van der Waals surface area contributed by atoms with E-state index in [9.17, 15) is 18.3 Å². The minimum absolute atomic E-state index is 0.0104. The molecule has 9 nitrogen and oxygen atoms in total. The Bertz CT molecular complexity index is 1460. The number of carbonyl (C=O) groups is 1. The number of carboxylic acids is 1. The number of rotatable bonds is 9.